The summed E-state index contributed by atoms with van der Waals surface area (Å²) in [5.74, 6) is 0. The van der Waals surface area contributed by atoms with Crippen LogP contribution in [0.4, 0.5) is 0 Å². The van der Waals surface area contributed by atoms with Crippen LogP contribution in [0.2, 0.25) is 5.02 Å². The summed E-state index contributed by atoms with van der Waals surface area (Å²) >= 11 is 8.09. The van der Waals surface area contributed by atoms with Crippen LogP contribution in [-0.4, -0.2) is 9.78 Å². The third kappa shape index (κ3) is 2.76. The number of halogens is 1. The van der Waals surface area contributed by atoms with Gasteiger partial charge in [0.1, 0.15) is 0 Å². The van der Waals surface area contributed by atoms with Crippen LogP contribution in [0.3, 0.4) is 0 Å². The monoisotopic (exact) mass is 283 g/mol. The second kappa shape index (κ2) is 5.87. The molecule has 0 bridgehead atoms. The first-order valence-electron chi connectivity index (χ1n) is 6.07. The lowest BCUT2D eigenvalue weighted by Crippen LogP contribution is -2.15. The predicted octanol–water partition coefficient (Wildman–Crippen LogP) is 3.30. The van der Waals surface area contributed by atoms with Crippen molar-refractivity contribution in [3.05, 3.63) is 38.3 Å². The molecule has 2 aromatic heterocycles. The molecule has 2 heterocycles. The summed E-state index contributed by atoms with van der Waals surface area (Å²) in [6, 6.07) is 2.15. The largest absolute Gasteiger partial charge is 0.306 e. The van der Waals surface area contributed by atoms with Gasteiger partial charge in [-0.1, -0.05) is 18.5 Å². The van der Waals surface area contributed by atoms with Crippen molar-refractivity contribution in [1.82, 2.24) is 15.1 Å². The van der Waals surface area contributed by atoms with Crippen molar-refractivity contribution in [2.75, 3.05) is 0 Å². The van der Waals surface area contributed by atoms with Crippen LogP contribution in [-0.2, 0) is 26.6 Å². The van der Waals surface area contributed by atoms with Crippen LogP contribution < -0.4 is 5.32 Å². The van der Waals surface area contributed by atoms with Gasteiger partial charge in [-0.2, -0.15) is 5.10 Å². The fraction of sp³-hybridized carbons (Fsp3) is 0.462. The van der Waals surface area contributed by atoms with Gasteiger partial charge >= 0.3 is 0 Å². The molecule has 0 aliphatic rings. The van der Waals surface area contributed by atoms with Crippen molar-refractivity contribution >= 4 is 22.9 Å². The summed E-state index contributed by atoms with van der Waals surface area (Å²) in [6.45, 7) is 5.84. The molecule has 1 N–H and O–H groups in total. The van der Waals surface area contributed by atoms with Gasteiger partial charge in [-0.15, -0.1) is 11.3 Å². The smallest absolute Gasteiger partial charge is 0.0863 e. The molecule has 2 aromatic rings. The number of nitrogens with one attached hydrogen (secondary N) is 1. The van der Waals surface area contributed by atoms with Gasteiger partial charge in [0.15, 0.2) is 0 Å². The second-order valence-corrected chi connectivity index (χ2v) is 5.69. The first kappa shape index (κ1) is 13.6. The lowest BCUT2D eigenvalue weighted by molar-refractivity contribution is 0.626. The Morgan fingerprint density at radius 2 is 2.22 bits per heavy atom. The van der Waals surface area contributed by atoms with Gasteiger partial charge in [0.2, 0.25) is 0 Å². The van der Waals surface area contributed by atoms with E-state index < -0.39 is 0 Å². The molecule has 0 aliphatic carbocycles. The zero-order chi connectivity index (χ0) is 13.1. The third-order valence-electron chi connectivity index (χ3n) is 3.05. The van der Waals surface area contributed by atoms with E-state index in [0.717, 1.165) is 35.9 Å². The predicted molar refractivity (Wildman–Crippen MR) is 77.2 cm³/mol. The van der Waals surface area contributed by atoms with E-state index >= 15 is 0 Å². The Morgan fingerprint density at radius 1 is 1.44 bits per heavy atom. The van der Waals surface area contributed by atoms with E-state index in [9.17, 15) is 0 Å². The average Bonchev–Trinajstić information content (AvgIpc) is 2.87. The van der Waals surface area contributed by atoms with E-state index in [1.165, 1.54) is 10.4 Å². The molecule has 3 nitrogen and oxygen atoms in total. The van der Waals surface area contributed by atoms with Crippen LogP contribution in [0.15, 0.2) is 11.4 Å². The normalized spacial score (nSPS) is 11.1. The Balaban J connectivity index is 1.98. The summed E-state index contributed by atoms with van der Waals surface area (Å²) < 4.78 is 1.87. The summed E-state index contributed by atoms with van der Waals surface area (Å²) in [4.78, 5) is 1.38. The SMILES string of the molecule is CCc1nn(C)c(CNCc2sccc2C)c1Cl. The highest BCUT2D eigenvalue weighted by Crippen LogP contribution is 2.21. The molecule has 0 saturated carbocycles. The molecule has 0 amide bonds. The standard InChI is InChI=1S/C13H18ClN3S/c1-4-10-13(14)11(17(3)16-10)7-15-8-12-9(2)5-6-18-12/h5-6,15H,4,7-8H2,1-3H3. The minimum Gasteiger partial charge on any atom is -0.306 e. The minimum atomic E-state index is 0.750. The van der Waals surface area contributed by atoms with Crippen LogP contribution in [0.25, 0.3) is 0 Å². The van der Waals surface area contributed by atoms with Gasteiger partial charge in [-0.3, -0.25) is 4.68 Å². The number of aromatic nitrogens is 2. The summed E-state index contributed by atoms with van der Waals surface area (Å²) in [5, 5.41) is 10.8. The number of aryl methyl sites for hydroxylation is 3. The topological polar surface area (TPSA) is 29.9 Å². The first-order chi connectivity index (χ1) is 8.63. The number of thiophene rings is 1. The molecule has 0 saturated heterocycles. The van der Waals surface area contributed by atoms with Gasteiger partial charge in [0.05, 0.1) is 16.4 Å². The zero-order valence-corrected chi connectivity index (χ0v) is 12.5. The first-order valence-corrected chi connectivity index (χ1v) is 7.33. The van der Waals surface area contributed by atoms with Crippen molar-refractivity contribution in [3.8, 4) is 0 Å². The van der Waals surface area contributed by atoms with Crippen molar-refractivity contribution < 1.29 is 0 Å². The molecular formula is C13H18ClN3S. The maximum Gasteiger partial charge on any atom is 0.0863 e. The van der Waals surface area contributed by atoms with Crippen LogP contribution in [0, 0.1) is 6.92 Å². The molecule has 0 fully saturated rings. The summed E-state index contributed by atoms with van der Waals surface area (Å²) in [7, 11) is 1.94. The molecule has 5 heteroatoms. The Labute approximate surface area is 117 Å². The van der Waals surface area contributed by atoms with E-state index in [-0.39, 0.29) is 0 Å². The van der Waals surface area contributed by atoms with Gasteiger partial charge in [-0.25, -0.2) is 0 Å². The fourth-order valence-corrected chi connectivity index (χ4v) is 3.13. The number of hydrogen-bond acceptors (Lipinski definition) is 3. The van der Waals surface area contributed by atoms with Crippen molar-refractivity contribution in [3.63, 3.8) is 0 Å². The molecule has 0 atom stereocenters. The highest BCUT2D eigenvalue weighted by atomic mass is 35.5. The number of hydrogen-bond donors (Lipinski definition) is 1. The number of rotatable bonds is 5. The fourth-order valence-electron chi connectivity index (χ4n) is 1.89. The molecule has 0 spiro atoms. The van der Waals surface area contributed by atoms with Crippen LogP contribution in [0.1, 0.15) is 28.8 Å². The highest BCUT2D eigenvalue weighted by Gasteiger charge is 2.12. The average molecular weight is 284 g/mol. The van der Waals surface area contributed by atoms with Gasteiger partial charge in [-0.05, 0) is 30.4 Å². The van der Waals surface area contributed by atoms with E-state index in [2.05, 4.69) is 35.7 Å². The van der Waals surface area contributed by atoms with Crippen molar-refractivity contribution in [2.45, 2.75) is 33.4 Å². The van der Waals surface area contributed by atoms with Crippen LogP contribution in [0.5, 0.6) is 0 Å². The van der Waals surface area contributed by atoms with Gasteiger partial charge < -0.3 is 5.32 Å². The highest BCUT2D eigenvalue weighted by molar-refractivity contribution is 7.10. The molecule has 2 rings (SSSR count). The Hall–Kier alpha value is -0.840. The number of nitrogens with zero attached hydrogens (tertiary/aromatic N) is 2. The van der Waals surface area contributed by atoms with E-state index in [0.29, 0.717) is 0 Å². The third-order valence-corrected chi connectivity index (χ3v) is 4.51. The molecule has 0 aliphatic heterocycles. The molecule has 18 heavy (non-hydrogen) atoms. The minimum absolute atomic E-state index is 0.750. The van der Waals surface area contributed by atoms with Gasteiger partial charge in [0, 0.05) is 25.0 Å². The van der Waals surface area contributed by atoms with Crippen molar-refractivity contribution in [1.29, 1.82) is 0 Å². The molecule has 0 aromatic carbocycles. The molecular weight excluding hydrogens is 266 g/mol. The van der Waals surface area contributed by atoms with Gasteiger partial charge in [0.25, 0.3) is 0 Å². The maximum atomic E-state index is 6.30. The van der Waals surface area contributed by atoms with E-state index in [1.54, 1.807) is 11.3 Å². The Kier molecular flexibility index (Phi) is 4.43. The zero-order valence-electron chi connectivity index (χ0n) is 11.0. The quantitative estimate of drug-likeness (QED) is 0.912. The van der Waals surface area contributed by atoms with E-state index in [4.69, 9.17) is 11.6 Å². The Bertz CT molecular complexity index is 530. The lowest BCUT2D eigenvalue weighted by atomic mass is 10.3. The van der Waals surface area contributed by atoms with Crippen molar-refractivity contribution in [2.24, 2.45) is 7.05 Å². The maximum absolute atomic E-state index is 6.30. The second-order valence-electron chi connectivity index (χ2n) is 4.31. The lowest BCUT2D eigenvalue weighted by Gasteiger charge is -2.05. The molecule has 98 valence electrons. The Morgan fingerprint density at radius 3 is 2.78 bits per heavy atom. The van der Waals surface area contributed by atoms with E-state index in [1.807, 2.05) is 11.7 Å². The van der Waals surface area contributed by atoms with Crippen LogP contribution >= 0.6 is 22.9 Å². The summed E-state index contributed by atoms with van der Waals surface area (Å²) in [5.41, 5.74) is 3.38. The molecule has 0 unspecified atom stereocenters. The summed E-state index contributed by atoms with van der Waals surface area (Å²) in [6.07, 6.45) is 0.872. The molecule has 0 radical (unpaired) electrons.